The predicted octanol–water partition coefficient (Wildman–Crippen LogP) is 1.53. The third-order valence-electron chi connectivity index (χ3n) is 2.25. The summed E-state index contributed by atoms with van der Waals surface area (Å²) in [5, 5.41) is 0. The molecule has 0 aliphatic heterocycles. The normalized spacial score (nSPS) is 11.2. The molecule has 0 radical (unpaired) electrons. The van der Waals surface area contributed by atoms with Crippen LogP contribution in [0.5, 0.6) is 5.75 Å². The Kier molecular flexibility index (Phi) is 4.09. The number of ether oxygens (including phenoxy) is 2. The Morgan fingerprint density at radius 3 is 2.59 bits per heavy atom. The summed E-state index contributed by atoms with van der Waals surface area (Å²) in [6.07, 6.45) is 1.43. The average molecular weight is 238 g/mol. The van der Waals surface area contributed by atoms with Crippen LogP contribution >= 0.6 is 0 Å². The molecule has 1 aromatic rings. The molecule has 0 amide bonds. The molecule has 17 heavy (non-hydrogen) atoms. The molecular weight excluding hydrogens is 224 g/mol. The highest BCUT2D eigenvalue weighted by atomic mass is 16.5. The van der Waals surface area contributed by atoms with Gasteiger partial charge < -0.3 is 13.9 Å². The van der Waals surface area contributed by atoms with Crippen LogP contribution in [0.3, 0.4) is 0 Å². The van der Waals surface area contributed by atoms with Crippen molar-refractivity contribution in [3.05, 3.63) is 33.4 Å². The standard InChI is InChI=1S/C12H14O5/c1-7(11(13)16-4)5-9-6-10(15-3)8(2)12(14)17-9/h5-6H,1-4H3/b7-5+. The molecule has 0 fully saturated rings. The minimum Gasteiger partial charge on any atom is -0.496 e. The minimum atomic E-state index is -0.492. The van der Waals surface area contributed by atoms with Gasteiger partial charge in [0.2, 0.25) is 0 Å². The van der Waals surface area contributed by atoms with E-state index < -0.39 is 11.6 Å². The third-order valence-corrected chi connectivity index (χ3v) is 2.25. The largest absolute Gasteiger partial charge is 0.496 e. The molecule has 0 saturated heterocycles. The molecule has 0 saturated carbocycles. The first-order chi connectivity index (χ1) is 7.99. The van der Waals surface area contributed by atoms with Crippen LogP contribution in [0.15, 0.2) is 20.9 Å². The molecule has 1 aromatic heterocycles. The van der Waals surface area contributed by atoms with Gasteiger partial charge in [-0.2, -0.15) is 0 Å². The van der Waals surface area contributed by atoms with E-state index in [2.05, 4.69) is 4.74 Å². The summed E-state index contributed by atoms with van der Waals surface area (Å²) in [6, 6.07) is 1.54. The molecule has 0 spiro atoms. The van der Waals surface area contributed by atoms with Crippen LogP contribution in [0.2, 0.25) is 0 Å². The lowest BCUT2D eigenvalue weighted by atomic mass is 10.2. The lowest BCUT2D eigenvalue weighted by molar-refractivity contribution is -0.135. The van der Waals surface area contributed by atoms with Gasteiger partial charge in [0.1, 0.15) is 11.5 Å². The van der Waals surface area contributed by atoms with Gasteiger partial charge in [0.05, 0.1) is 19.8 Å². The fourth-order valence-corrected chi connectivity index (χ4v) is 1.27. The van der Waals surface area contributed by atoms with Crippen molar-refractivity contribution in [1.29, 1.82) is 0 Å². The summed E-state index contributed by atoms with van der Waals surface area (Å²) < 4.78 is 14.6. The first-order valence-electron chi connectivity index (χ1n) is 4.95. The molecule has 0 unspecified atom stereocenters. The Labute approximate surface area is 98.7 Å². The van der Waals surface area contributed by atoms with Gasteiger partial charge in [-0.05, 0) is 19.9 Å². The fourth-order valence-electron chi connectivity index (χ4n) is 1.27. The lowest BCUT2D eigenvalue weighted by Gasteiger charge is -2.04. The molecule has 0 aromatic carbocycles. The van der Waals surface area contributed by atoms with Crippen molar-refractivity contribution in [3.8, 4) is 5.75 Å². The smallest absolute Gasteiger partial charge is 0.342 e. The molecule has 92 valence electrons. The summed E-state index contributed by atoms with van der Waals surface area (Å²) in [7, 11) is 2.74. The Morgan fingerprint density at radius 1 is 1.41 bits per heavy atom. The highest BCUT2D eigenvalue weighted by molar-refractivity contribution is 5.92. The molecule has 0 N–H and O–H groups in total. The molecule has 0 aliphatic rings. The van der Waals surface area contributed by atoms with Crippen LogP contribution in [0.1, 0.15) is 18.2 Å². The third kappa shape index (κ3) is 2.96. The van der Waals surface area contributed by atoms with Crippen molar-refractivity contribution in [2.75, 3.05) is 14.2 Å². The molecule has 0 bridgehead atoms. The second kappa shape index (κ2) is 5.34. The highest BCUT2D eigenvalue weighted by Gasteiger charge is 2.09. The Morgan fingerprint density at radius 2 is 2.06 bits per heavy atom. The number of hydrogen-bond donors (Lipinski definition) is 0. The second-order valence-electron chi connectivity index (χ2n) is 3.45. The van der Waals surface area contributed by atoms with E-state index in [0.29, 0.717) is 16.9 Å². The quantitative estimate of drug-likeness (QED) is 0.590. The molecular formula is C12H14O5. The van der Waals surface area contributed by atoms with Gasteiger partial charge in [-0.25, -0.2) is 9.59 Å². The van der Waals surface area contributed by atoms with E-state index in [0.717, 1.165) is 0 Å². The maximum Gasteiger partial charge on any atom is 0.342 e. The number of methoxy groups -OCH3 is 2. The Bertz CT molecular complexity index is 510. The van der Waals surface area contributed by atoms with E-state index in [1.165, 1.54) is 20.3 Å². The zero-order chi connectivity index (χ0) is 13.0. The van der Waals surface area contributed by atoms with Gasteiger partial charge in [-0.1, -0.05) is 0 Å². The van der Waals surface area contributed by atoms with E-state index in [9.17, 15) is 9.59 Å². The van der Waals surface area contributed by atoms with Crippen molar-refractivity contribution < 1.29 is 18.7 Å². The van der Waals surface area contributed by atoms with Gasteiger partial charge >= 0.3 is 11.6 Å². The molecule has 5 nitrogen and oxygen atoms in total. The summed E-state index contributed by atoms with van der Waals surface area (Å²) in [4.78, 5) is 22.6. The highest BCUT2D eigenvalue weighted by Crippen LogP contribution is 2.17. The zero-order valence-electron chi connectivity index (χ0n) is 10.2. The van der Waals surface area contributed by atoms with E-state index in [1.54, 1.807) is 19.9 Å². The van der Waals surface area contributed by atoms with Crippen LogP contribution in [0, 0.1) is 6.92 Å². The van der Waals surface area contributed by atoms with E-state index in [4.69, 9.17) is 9.15 Å². The minimum absolute atomic E-state index is 0.250. The Hall–Kier alpha value is -2.04. The van der Waals surface area contributed by atoms with Crippen LogP contribution in [-0.4, -0.2) is 20.2 Å². The molecule has 0 aliphatic carbocycles. The van der Waals surface area contributed by atoms with Gasteiger partial charge in [-0.15, -0.1) is 0 Å². The van der Waals surface area contributed by atoms with Gasteiger partial charge in [0.25, 0.3) is 0 Å². The van der Waals surface area contributed by atoms with Crippen molar-refractivity contribution in [3.63, 3.8) is 0 Å². The second-order valence-corrected chi connectivity index (χ2v) is 3.45. The maximum absolute atomic E-state index is 11.4. The number of carbonyl (C=O) groups is 1. The summed E-state index contributed by atoms with van der Waals surface area (Å²) in [5.41, 5.74) is 0.232. The van der Waals surface area contributed by atoms with Crippen LogP contribution in [-0.2, 0) is 9.53 Å². The maximum atomic E-state index is 11.4. The van der Waals surface area contributed by atoms with Gasteiger partial charge in [0, 0.05) is 11.6 Å². The topological polar surface area (TPSA) is 65.7 Å². The Balaban J connectivity index is 3.21. The van der Waals surface area contributed by atoms with Gasteiger partial charge in [0.15, 0.2) is 0 Å². The van der Waals surface area contributed by atoms with Crippen molar-refractivity contribution in [1.82, 2.24) is 0 Å². The van der Waals surface area contributed by atoms with E-state index in [1.807, 2.05) is 0 Å². The van der Waals surface area contributed by atoms with Crippen LogP contribution in [0.25, 0.3) is 6.08 Å². The van der Waals surface area contributed by atoms with E-state index >= 15 is 0 Å². The summed E-state index contributed by atoms with van der Waals surface area (Å²) in [5.74, 6) is 0.192. The molecule has 1 heterocycles. The summed E-state index contributed by atoms with van der Waals surface area (Å²) >= 11 is 0. The molecule has 0 atom stereocenters. The SMILES string of the molecule is COC(=O)/C(C)=C/c1cc(OC)c(C)c(=O)o1. The first-order valence-corrected chi connectivity index (χ1v) is 4.95. The summed E-state index contributed by atoms with van der Waals surface area (Å²) in [6.45, 7) is 3.17. The number of hydrogen-bond acceptors (Lipinski definition) is 5. The van der Waals surface area contributed by atoms with Crippen molar-refractivity contribution in [2.45, 2.75) is 13.8 Å². The lowest BCUT2D eigenvalue weighted by Crippen LogP contribution is -2.07. The zero-order valence-corrected chi connectivity index (χ0v) is 10.2. The van der Waals surface area contributed by atoms with Crippen molar-refractivity contribution in [2.24, 2.45) is 0 Å². The van der Waals surface area contributed by atoms with Crippen LogP contribution < -0.4 is 10.4 Å². The fraction of sp³-hybridized carbons (Fsp3) is 0.333. The molecule has 1 rings (SSSR count). The van der Waals surface area contributed by atoms with Crippen molar-refractivity contribution >= 4 is 12.0 Å². The average Bonchev–Trinajstić information content (AvgIpc) is 2.32. The first kappa shape index (κ1) is 13.0. The number of rotatable bonds is 3. The number of esters is 1. The predicted molar refractivity (Wildman–Crippen MR) is 61.9 cm³/mol. The van der Waals surface area contributed by atoms with E-state index in [-0.39, 0.29) is 5.76 Å². The number of carbonyl (C=O) groups excluding carboxylic acids is 1. The molecule has 5 heteroatoms. The van der Waals surface area contributed by atoms with Gasteiger partial charge in [-0.3, -0.25) is 0 Å². The monoisotopic (exact) mass is 238 g/mol. The van der Waals surface area contributed by atoms with Crippen LogP contribution in [0.4, 0.5) is 0 Å².